The molecule has 1 saturated carbocycles. The van der Waals surface area contributed by atoms with Crippen LogP contribution in [0.3, 0.4) is 0 Å². The Labute approximate surface area is 121 Å². The fourth-order valence-corrected chi connectivity index (χ4v) is 3.15. The lowest BCUT2D eigenvalue weighted by Gasteiger charge is -2.19. The molecule has 2 heterocycles. The summed E-state index contributed by atoms with van der Waals surface area (Å²) in [5, 5.41) is 0.863. The fourth-order valence-electron chi connectivity index (χ4n) is 2.10. The van der Waals surface area contributed by atoms with E-state index < -0.39 is 0 Å². The minimum Gasteiger partial charge on any atom is -0.467 e. The Morgan fingerprint density at radius 1 is 1.60 bits per heavy atom. The summed E-state index contributed by atoms with van der Waals surface area (Å²) in [4.78, 5) is 19.0. The van der Waals surface area contributed by atoms with Crippen molar-refractivity contribution in [2.75, 3.05) is 12.0 Å². The monoisotopic (exact) mass is 292 g/mol. The average Bonchev–Trinajstić information content (AvgIpc) is 3.01. The van der Waals surface area contributed by atoms with Crippen molar-refractivity contribution in [1.29, 1.82) is 0 Å². The average molecular weight is 292 g/mol. The van der Waals surface area contributed by atoms with E-state index in [1.54, 1.807) is 6.26 Å². The highest BCUT2D eigenvalue weighted by atomic mass is 32.1. The molecule has 0 bridgehead atoms. The van der Waals surface area contributed by atoms with Crippen LogP contribution in [0, 0.1) is 6.92 Å². The molecule has 0 N–H and O–H groups in total. The topological polar surface area (TPSA) is 55.6 Å². The predicted molar refractivity (Wildman–Crippen MR) is 76.1 cm³/mol. The molecule has 0 aliphatic heterocycles. The van der Waals surface area contributed by atoms with E-state index in [-0.39, 0.29) is 5.97 Å². The van der Waals surface area contributed by atoms with Crippen LogP contribution in [0.2, 0.25) is 0 Å². The van der Waals surface area contributed by atoms with Crippen molar-refractivity contribution in [2.45, 2.75) is 32.4 Å². The van der Waals surface area contributed by atoms with E-state index in [2.05, 4.69) is 9.88 Å². The lowest BCUT2D eigenvalue weighted by Crippen LogP contribution is -2.24. The van der Waals surface area contributed by atoms with Crippen molar-refractivity contribution < 1.29 is 13.9 Å². The van der Waals surface area contributed by atoms with Crippen LogP contribution in [0.25, 0.3) is 0 Å². The summed E-state index contributed by atoms with van der Waals surface area (Å²) in [5.74, 6) is 0.587. The second kappa shape index (κ2) is 5.28. The minimum atomic E-state index is -0.319. The molecule has 0 aromatic carbocycles. The van der Waals surface area contributed by atoms with Gasteiger partial charge in [0.1, 0.15) is 10.6 Å². The molecule has 0 amide bonds. The molecule has 106 valence electrons. The number of hydrogen-bond acceptors (Lipinski definition) is 6. The van der Waals surface area contributed by atoms with Gasteiger partial charge in [0.2, 0.25) is 0 Å². The number of carbonyl (C=O) groups excluding carboxylic acids is 1. The van der Waals surface area contributed by atoms with Gasteiger partial charge in [-0.3, -0.25) is 0 Å². The first kappa shape index (κ1) is 13.2. The highest BCUT2D eigenvalue weighted by Crippen LogP contribution is 2.36. The molecule has 0 saturated heterocycles. The fraction of sp³-hybridized carbons (Fsp3) is 0.429. The van der Waals surface area contributed by atoms with E-state index >= 15 is 0 Å². The Morgan fingerprint density at radius 3 is 3.00 bits per heavy atom. The number of rotatable bonds is 5. The summed E-state index contributed by atoms with van der Waals surface area (Å²) in [7, 11) is 1.39. The smallest absolute Gasteiger partial charge is 0.350 e. The van der Waals surface area contributed by atoms with E-state index in [1.165, 1.54) is 18.4 Å². The first-order chi connectivity index (χ1) is 9.69. The maximum absolute atomic E-state index is 11.7. The van der Waals surface area contributed by atoms with E-state index in [4.69, 9.17) is 9.15 Å². The van der Waals surface area contributed by atoms with Gasteiger partial charge in [-0.1, -0.05) is 11.3 Å². The summed E-state index contributed by atoms with van der Waals surface area (Å²) in [6.07, 6.45) is 3.99. The molecular weight excluding hydrogens is 276 g/mol. The van der Waals surface area contributed by atoms with Crippen molar-refractivity contribution in [3.05, 3.63) is 34.7 Å². The minimum absolute atomic E-state index is 0.319. The lowest BCUT2D eigenvalue weighted by atomic mass is 10.4. The van der Waals surface area contributed by atoms with Gasteiger partial charge >= 0.3 is 5.97 Å². The van der Waals surface area contributed by atoms with Gasteiger partial charge in [0.05, 0.1) is 25.6 Å². The number of esters is 1. The van der Waals surface area contributed by atoms with Crippen LogP contribution in [-0.2, 0) is 11.3 Å². The Balaban J connectivity index is 1.86. The summed E-state index contributed by atoms with van der Waals surface area (Å²) in [6.45, 7) is 2.52. The SMILES string of the molecule is COC(=O)c1sc(N(Cc2ccco2)C2CC2)nc1C. The Bertz CT molecular complexity index is 602. The van der Waals surface area contributed by atoms with Gasteiger partial charge in [-0.2, -0.15) is 0 Å². The molecule has 3 rings (SSSR count). The third kappa shape index (κ3) is 2.56. The molecule has 1 aliphatic rings. The predicted octanol–water partition coefficient (Wildman–Crippen LogP) is 3.00. The molecule has 6 heteroatoms. The molecule has 2 aromatic heterocycles. The Morgan fingerprint density at radius 2 is 2.40 bits per heavy atom. The number of methoxy groups -OCH3 is 1. The second-order valence-corrected chi connectivity index (χ2v) is 5.82. The van der Waals surface area contributed by atoms with E-state index in [1.807, 2.05) is 19.1 Å². The molecule has 20 heavy (non-hydrogen) atoms. The lowest BCUT2D eigenvalue weighted by molar-refractivity contribution is 0.0605. The van der Waals surface area contributed by atoms with Crippen LogP contribution in [0.15, 0.2) is 22.8 Å². The van der Waals surface area contributed by atoms with Gasteiger partial charge in [-0.15, -0.1) is 0 Å². The molecule has 0 unspecified atom stereocenters. The number of nitrogens with zero attached hydrogens (tertiary/aromatic N) is 2. The first-order valence-corrected chi connectivity index (χ1v) is 7.35. The van der Waals surface area contributed by atoms with Crippen LogP contribution in [-0.4, -0.2) is 24.1 Å². The highest BCUT2D eigenvalue weighted by molar-refractivity contribution is 7.17. The first-order valence-electron chi connectivity index (χ1n) is 6.54. The van der Waals surface area contributed by atoms with Gasteiger partial charge in [-0.05, 0) is 31.9 Å². The number of hydrogen-bond donors (Lipinski definition) is 0. The number of anilines is 1. The molecule has 0 radical (unpaired) electrons. The molecule has 1 aliphatic carbocycles. The quantitative estimate of drug-likeness (QED) is 0.793. The van der Waals surface area contributed by atoms with E-state index in [0.717, 1.165) is 29.4 Å². The summed E-state index contributed by atoms with van der Waals surface area (Å²) in [6, 6.07) is 4.33. The van der Waals surface area contributed by atoms with Gasteiger partial charge in [-0.25, -0.2) is 9.78 Å². The standard InChI is InChI=1S/C14H16N2O3S/c1-9-12(13(17)18-2)20-14(15-9)16(10-5-6-10)8-11-4-3-7-19-11/h3-4,7,10H,5-6,8H2,1-2H3. The van der Waals surface area contributed by atoms with Gasteiger partial charge < -0.3 is 14.1 Å². The number of carbonyl (C=O) groups is 1. The van der Waals surface area contributed by atoms with Gasteiger partial charge in [0.25, 0.3) is 0 Å². The number of aryl methyl sites for hydroxylation is 1. The summed E-state index contributed by atoms with van der Waals surface area (Å²) >= 11 is 1.39. The van der Waals surface area contributed by atoms with Crippen molar-refractivity contribution in [2.24, 2.45) is 0 Å². The van der Waals surface area contributed by atoms with Crippen molar-refractivity contribution in [1.82, 2.24) is 4.98 Å². The van der Waals surface area contributed by atoms with Crippen LogP contribution < -0.4 is 4.90 Å². The summed E-state index contributed by atoms with van der Waals surface area (Å²) < 4.78 is 10.2. The molecular formula is C14H16N2O3S. The van der Waals surface area contributed by atoms with Gasteiger partial charge in [0, 0.05) is 6.04 Å². The zero-order chi connectivity index (χ0) is 14.1. The number of furan rings is 1. The molecule has 0 spiro atoms. The summed E-state index contributed by atoms with van der Waals surface area (Å²) in [5.41, 5.74) is 0.724. The molecule has 0 atom stereocenters. The van der Waals surface area contributed by atoms with E-state index in [0.29, 0.717) is 17.5 Å². The van der Waals surface area contributed by atoms with Crippen LogP contribution >= 0.6 is 11.3 Å². The van der Waals surface area contributed by atoms with Crippen LogP contribution in [0.1, 0.15) is 34.0 Å². The number of aromatic nitrogens is 1. The molecule has 5 nitrogen and oxygen atoms in total. The largest absolute Gasteiger partial charge is 0.467 e. The Hall–Kier alpha value is -1.82. The van der Waals surface area contributed by atoms with Crippen molar-refractivity contribution in [3.8, 4) is 0 Å². The third-order valence-electron chi connectivity index (χ3n) is 3.30. The Kier molecular flexibility index (Phi) is 3.48. The van der Waals surface area contributed by atoms with Crippen molar-refractivity contribution >= 4 is 22.4 Å². The number of ether oxygens (including phenoxy) is 1. The van der Waals surface area contributed by atoms with E-state index in [9.17, 15) is 4.79 Å². The molecule has 1 fully saturated rings. The van der Waals surface area contributed by atoms with Gasteiger partial charge in [0.15, 0.2) is 5.13 Å². The number of thiazole rings is 1. The maximum Gasteiger partial charge on any atom is 0.350 e. The maximum atomic E-state index is 11.7. The highest BCUT2D eigenvalue weighted by Gasteiger charge is 2.32. The zero-order valence-electron chi connectivity index (χ0n) is 11.5. The van der Waals surface area contributed by atoms with Crippen LogP contribution in [0.4, 0.5) is 5.13 Å². The normalized spacial score (nSPS) is 14.3. The van der Waals surface area contributed by atoms with Crippen molar-refractivity contribution in [3.63, 3.8) is 0 Å². The van der Waals surface area contributed by atoms with Crippen LogP contribution in [0.5, 0.6) is 0 Å². The second-order valence-electron chi connectivity index (χ2n) is 4.84. The zero-order valence-corrected chi connectivity index (χ0v) is 12.3. The molecule has 2 aromatic rings. The third-order valence-corrected chi connectivity index (χ3v) is 4.47.